The van der Waals surface area contributed by atoms with Crippen LogP contribution in [0.2, 0.25) is 0 Å². The van der Waals surface area contributed by atoms with Crippen molar-refractivity contribution in [1.29, 1.82) is 0 Å². The van der Waals surface area contributed by atoms with E-state index in [-0.39, 0.29) is 0 Å². The van der Waals surface area contributed by atoms with Crippen molar-refractivity contribution in [2.45, 2.75) is 53.4 Å². The molecule has 0 aromatic heterocycles. The molecule has 24 heavy (non-hydrogen) atoms. The predicted octanol–water partition coefficient (Wildman–Crippen LogP) is 5.10. The van der Waals surface area contributed by atoms with E-state index in [1.807, 2.05) is 25.1 Å². The molecule has 0 fully saturated rings. The van der Waals surface area contributed by atoms with Gasteiger partial charge < -0.3 is 4.52 Å². The summed E-state index contributed by atoms with van der Waals surface area (Å²) >= 11 is 0. The monoisotopic (exact) mass is 344 g/mol. The first kappa shape index (κ1) is 19.0. The molecule has 0 amide bonds. The van der Waals surface area contributed by atoms with Crippen molar-refractivity contribution in [3.05, 3.63) is 64.2 Å². The van der Waals surface area contributed by atoms with Crippen molar-refractivity contribution in [3.8, 4) is 0 Å². The Bertz CT molecular complexity index is 682. The van der Waals surface area contributed by atoms with E-state index in [9.17, 15) is 4.57 Å². The lowest BCUT2D eigenvalue weighted by Gasteiger charge is -2.17. The van der Waals surface area contributed by atoms with Crippen molar-refractivity contribution in [3.63, 3.8) is 0 Å². The van der Waals surface area contributed by atoms with E-state index in [0.29, 0.717) is 6.61 Å². The summed E-state index contributed by atoms with van der Waals surface area (Å²) in [6.07, 6.45) is 3.95. The minimum absolute atomic E-state index is 0.484. The molecule has 0 radical (unpaired) electrons. The van der Waals surface area contributed by atoms with Crippen molar-refractivity contribution < 1.29 is 9.09 Å². The van der Waals surface area contributed by atoms with Gasteiger partial charge in [-0.2, -0.15) is 0 Å². The highest BCUT2D eigenvalue weighted by Gasteiger charge is 2.14. The Kier molecular flexibility index (Phi) is 7.27. The van der Waals surface area contributed by atoms with Gasteiger partial charge in [0, 0.05) is 5.30 Å². The summed E-state index contributed by atoms with van der Waals surface area (Å²) in [5, 5.41) is 0.869. The summed E-state index contributed by atoms with van der Waals surface area (Å²) in [5.74, 6) is 0. The Morgan fingerprint density at radius 2 is 1.50 bits per heavy atom. The van der Waals surface area contributed by atoms with Gasteiger partial charge in [0.05, 0.1) is 6.61 Å². The number of hydrogen-bond donors (Lipinski definition) is 0. The standard InChI is InChI=1S/C21H29O2P/c1-5-16-13-17(6-2)20(18(7-3)14-16)15-19-11-9-10-12-21(19)24(22)23-8-4/h9-14,24H,5-8,15H2,1-4H3. The molecule has 0 aliphatic carbocycles. The average molecular weight is 344 g/mol. The van der Waals surface area contributed by atoms with Crippen molar-refractivity contribution in [2.24, 2.45) is 0 Å². The van der Waals surface area contributed by atoms with Crippen LogP contribution < -0.4 is 5.30 Å². The molecule has 0 bridgehead atoms. The molecule has 0 aliphatic heterocycles. The Morgan fingerprint density at radius 1 is 0.875 bits per heavy atom. The first-order valence-electron chi connectivity index (χ1n) is 9.03. The van der Waals surface area contributed by atoms with Crippen LogP contribution in [-0.2, 0) is 34.8 Å². The molecule has 0 saturated carbocycles. The van der Waals surface area contributed by atoms with Crippen LogP contribution in [0.5, 0.6) is 0 Å². The lowest BCUT2D eigenvalue weighted by molar-refractivity contribution is 0.357. The molecule has 0 spiro atoms. The van der Waals surface area contributed by atoms with Gasteiger partial charge in [0.15, 0.2) is 0 Å². The van der Waals surface area contributed by atoms with Crippen molar-refractivity contribution in [2.75, 3.05) is 6.61 Å². The third-order valence-electron chi connectivity index (χ3n) is 4.54. The van der Waals surface area contributed by atoms with Gasteiger partial charge in [-0.15, -0.1) is 0 Å². The highest BCUT2D eigenvalue weighted by molar-refractivity contribution is 7.48. The summed E-state index contributed by atoms with van der Waals surface area (Å²) in [6, 6.07) is 12.7. The van der Waals surface area contributed by atoms with Gasteiger partial charge in [-0.05, 0) is 66.5 Å². The van der Waals surface area contributed by atoms with Crippen LogP contribution in [0.1, 0.15) is 55.5 Å². The second-order valence-electron chi connectivity index (χ2n) is 6.01. The molecule has 0 heterocycles. The van der Waals surface area contributed by atoms with Gasteiger partial charge in [0.1, 0.15) is 0 Å². The molecule has 0 aliphatic rings. The summed E-state index contributed by atoms with van der Waals surface area (Å²) in [6.45, 7) is 9.01. The fraction of sp³-hybridized carbons (Fsp3) is 0.429. The van der Waals surface area contributed by atoms with Gasteiger partial charge in [-0.3, -0.25) is 4.57 Å². The minimum atomic E-state index is -2.17. The first-order chi connectivity index (χ1) is 11.6. The van der Waals surface area contributed by atoms with Gasteiger partial charge in [0.25, 0.3) is 0 Å². The summed E-state index contributed by atoms with van der Waals surface area (Å²) < 4.78 is 17.8. The van der Waals surface area contributed by atoms with Crippen LogP contribution in [0.25, 0.3) is 0 Å². The zero-order valence-corrected chi connectivity index (χ0v) is 16.3. The largest absolute Gasteiger partial charge is 0.328 e. The van der Waals surface area contributed by atoms with Gasteiger partial charge in [-0.25, -0.2) is 0 Å². The highest BCUT2D eigenvalue weighted by atomic mass is 31.1. The maximum atomic E-state index is 12.4. The van der Waals surface area contributed by atoms with Crippen molar-refractivity contribution in [1.82, 2.24) is 0 Å². The molecule has 3 heteroatoms. The smallest absolute Gasteiger partial charge is 0.220 e. The lowest BCUT2D eigenvalue weighted by atomic mass is 9.90. The summed E-state index contributed by atoms with van der Waals surface area (Å²) in [5.41, 5.74) is 6.76. The fourth-order valence-electron chi connectivity index (χ4n) is 3.20. The molecule has 130 valence electrons. The minimum Gasteiger partial charge on any atom is -0.328 e. The van der Waals surface area contributed by atoms with Crippen LogP contribution >= 0.6 is 8.03 Å². The van der Waals surface area contributed by atoms with E-state index in [1.165, 1.54) is 22.3 Å². The SMILES string of the molecule is CCO[PH](=O)c1ccccc1Cc1c(CC)cc(CC)cc1CC. The number of benzene rings is 2. The summed E-state index contributed by atoms with van der Waals surface area (Å²) in [4.78, 5) is 0. The molecule has 2 aromatic carbocycles. The molecule has 2 rings (SSSR count). The van der Waals surface area contributed by atoms with Crippen molar-refractivity contribution >= 4 is 13.3 Å². The third-order valence-corrected chi connectivity index (χ3v) is 6.02. The number of hydrogen-bond acceptors (Lipinski definition) is 2. The molecule has 1 unspecified atom stereocenters. The molecular weight excluding hydrogens is 315 g/mol. The maximum absolute atomic E-state index is 12.4. The third kappa shape index (κ3) is 4.37. The predicted molar refractivity (Wildman–Crippen MR) is 104 cm³/mol. The zero-order valence-electron chi connectivity index (χ0n) is 15.3. The molecular formula is C21H29O2P. The van der Waals surface area contributed by atoms with Crippen LogP contribution in [0.3, 0.4) is 0 Å². The molecule has 0 saturated heterocycles. The van der Waals surface area contributed by atoms with Crippen LogP contribution in [0.15, 0.2) is 36.4 Å². The topological polar surface area (TPSA) is 26.3 Å². The van der Waals surface area contributed by atoms with Gasteiger partial charge >= 0.3 is 0 Å². The van der Waals surface area contributed by atoms with E-state index in [4.69, 9.17) is 4.52 Å². The second kappa shape index (κ2) is 9.20. The fourth-order valence-corrected chi connectivity index (χ4v) is 4.29. The second-order valence-corrected chi connectivity index (χ2v) is 7.41. The lowest BCUT2D eigenvalue weighted by Crippen LogP contribution is -2.10. The average Bonchev–Trinajstić information content (AvgIpc) is 2.62. The Morgan fingerprint density at radius 3 is 2.04 bits per heavy atom. The van der Waals surface area contributed by atoms with Crippen LogP contribution in [-0.4, -0.2) is 6.61 Å². The van der Waals surface area contributed by atoms with E-state index < -0.39 is 8.03 Å². The molecule has 0 N–H and O–H groups in total. The summed E-state index contributed by atoms with van der Waals surface area (Å²) in [7, 11) is -2.17. The molecule has 2 aromatic rings. The van der Waals surface area contributed by atoms with Gasteiger partial charge in [-0.1, -0.05) is 51.1 Å². The van der Waals surface area contributed by atoms with E-state index in [2.05, 4.69) is 39.0 Å². The van der Waals surface area contributed by atoms with Crippen LogP contribution in [0, 0.1) is 0 Å². The number of rotatable bonds is 8. The van der Waals surface area contributed by atoms with Crippen LogP contribution in [0.4, 0.5) is 0 Å². The zero-order chi connectivity index (χ0) is 17.5. The van der Waals surface area contributed by atoms with Gasteiger partial charge in [0.2, 0.25) is 8.03 Å². The Balaban J connectivity index is 2.47. The Labute approximate surface area is 147 Å². The normalized spacial score (nSPS) is 12.3. The molecule has 2 nitrogen and oxygen atoms in total. The van der Waals surface area contributed by atoms with E-state index >= 15 is 0 Å². The first-order valence-corrected chi connectivity index (χ1v) is 10.3. The maximum Gasteiger partial charge on any atom is 0.220 e. The molecule has 1 atom stereocenters. The number of aryl methyl sites for hydroxylation is 3. The Hall–Kier alpha value is -1.37. The van der Waals surface area contributed by atoms with E-state index in [1.54, 1.807) is 0 Å². The highest BCUT2D eigenvalue weighted by Crippen LogP contribution is 2.27. The quantitative estimate of drug-likeness (QED) is 0.623. The van der Waals surface area contributed by atoms with E-state index in [0.717, 1.165) is 36.6 Å².